The average Bonchev–Trinajstić information content (AvgIpc) is 2.30. The second kappa shape index (κ2) is 4.61. The lowest BCUT2D eigenvalue weighted by atomic mass is 10.0. The van der Waals surface area contributed by atoms with Gasteiger partial charge in [-0.2, -0.15) is 0 Å². The molecule has 1 heterocycles. The summed E-state index contributed by atoms with van der Waals surface area (Å²) in [6.07, 6.45) is 3.95. The molecule has 0 saturated carbocycles. The minimum Gasteiger partial charge on any atom is -0.292 e. The molecule has 0 amide bonds. The summed E-state index contributed by atoms with van der Waals surface area (Å²) in [6.45, 7) is 5.87. The first-order valence-electron chi connectivity index (χ1n) is 5.52. The van der Waals surface area contributed by atoms with Gasteiger partial charge in [-0.25, -0.2) is 0 Å². The van der Waals surface area contributed by atoms with Crippen molar-refractivity contribution in [2.24, 2.45) is 0 Å². The van der Waals surface area contributed by atoms with E-state index < -0.39 is 0 Å². The molecule has 1 nitrogen and oxygen atoms in total. The maximum absolute atomic E-state index is 2.47. The van der Waals surface area contributed by atoms with Gasteiger partial charge in [-0.05, 0) is 31.9 Å². The van der Waals surface area contributed by atoms with Crippen molar-refractivity contribution in [3.63, 3.8) is 0 Å². The molecule has 1 atom stereocenters. The Morgan fingerprint density at radius 2 is 1.93 bits per heavy atom. The van der Waals surface area contributed by atoms with E-state index in [0.717, 1.165) is 0 Å². The Balaban J connectivity index is 2.03. The summed E-state index contributed by atoms with van der Waals surface area (Å²) < 4.78 is 0. The molecule has 1 unspecified atom stereocenters. The molecule has 1 saturated heterocycles. The quantitative estimate of drug-likeness (QED) is 0.687. The van der Waals surface area contributed by atoms with E-state index in [-0.39, 0.29) is 0 Å². The number of rotatable bonds is 2. The Hall–Kier alpha value is -0.820. The van der Waals surface area contributed by atoms with Crippen LogP contribution in [0.4, 0.5) is 0 Å². The minimum absolute atomic E-state index is 0.538. The number of hydrogen-bond donors (Lipinski definition) is 0. The Labute approximate surface area is 86.7 Å². The molecule has 2 rings (SSSR count). The monoisotopic (exact) mass is 188 g/mol. The van der Waals surface area contributed by atoms with Crippen molar-refractivity contribution in [2.75, 3.05) is 6.54 Å². The second-order valence-corrected chi connectivity index (χ2v) is 4.00. The molecule has 1 aliphatic rings. The first-order chi connectivity index (χ1) is 6.88. The molecule has 1 aliphatic heterocycles. The predicted octanol–water partition coefficient (Wildman–Crippen LogP) is 3.40. The molecular formula is C13H18N. The summed E-state index contributed by atoms with van der Waals surface area (Å²) in [5.74, 6) is 0. The van der Waals surface area contributed by atoms with E-state index in [2.05, 4.69) is 48.7 Å². The molecule has 0 aliphatic carbocycles. The van der Waals surface area contributed by atoms with Crippen LogP contribution in [0.2, 0.25) is 0 Å². The van der Waals surface area contributed by atoms with E-state index in [4.69, 9.17) is 0 Å². The first-order valence-corrected chi connectivity index (χ1v) is 5.52. The highest BCUT2D eigenvalue weighted by atomic mass is 15.2. The van der Waals surface area contributed by atoms with Crippen LogP contribution >= 0.6 is 0 Å². The number of likely N-dealkylation sites (tertiary alicyclic amines) is 1. The molecule has 1 aromatic carbocycles. The van der Waals surface area contributed by atoms with E-state index in [0.29, 0.717) is 6.04 Å². The summed E-state index contributed by atoms with van der Waals surface area (Å²) in [5.41, 5.74) is 1.42. The normalized spacial score (nSPS) is 20.6. The third-order valence-electron chi connectivity index (χ3n) is 3.01. The summed E-state index contributed by atoms with van der Waals surface area (Å²) in [5, 5.41) is 0. The van der Waals surface area contributed by atoms with E-state index in [9.17, 15) is 0 Å². The van der Waals surface area contributed by atoms with Crippen molar-refractivity contribution in [2.45, 2.75) is 32.2 Å². The van der Waals surface area contributed by atoms with Gasteiger partial charge in [0.15, 0.2) is 0 Å². The molecule has 1 fully saturated rings. The average molecular weight is 188 g/mol. The number of nitrogens with zero attached hydrogens (tertiary/aromatic N) is 1. The van der Waals surface area contributed by atoms with Crippen LogP contribution in [0.3, 0.4) is 0 Å². The molecule has 14 heavy (non-hydrogen) atoms. The third-order valence-corrected chi connectivity index (χ3v) is 3.01. The smallest absolute Gasteiger partial charge is 0.0323 e. The van der Waals surface area contributed by atoms with Crippen LogP contribution in [0.5, 0.6) is 0 Å². The van der Waals surface area contributed by atoms with Gasteiger partial charge in [0, 0.05) is 12.6 Å². The highest BCUT2D eigenvalue weighted by Crippen LogP contribution is 2.25. The van der Waals surface area contributed by atoms with Crippen LogP contribution in [0.1, 0.15) is 37.8 Å². The lowest BCUT2D eigenvalue weighted by molar-refractivity contribution is 0.222. The van der Waals surface area contributed by atoms with E-state index >= 15 is 0 Å². The Bertz CT molecular complexity index is 262. The molecule has 75 valence electrons. The molecule has 0 spiro atoms. The fourth-order valence-corrected chi connectivity index (χ4v) is 2.06. The number of hydrogen-bond acceptors (Lipinski definition) is 1. The summed E-state index contributed by atoms with van der Waals surface area (Å²) in [4.78, 5) is 2.47. The van der Waals surface area contributed by atoms with Gasteiger partial charge in [0.1, 0.15) is 0 Å². The van der Waals surface area contributed by atoms with Crippen molar-refractivity contribution in [3.05, 3.63) is 42.4 Å². The van der Waals surface area contributed by atoms with Crippen LogP contribution in [0, 0.1) is 6.54 Å². The topological polar surface area (TPSA) is 3.24 Å². The second-order valence-electron chi connectivity index (χ2n) is 4.00. The van der Waals surface area contributed by atoms with Crippen molar-refractivity contribution >= 4 is 0 Å². The van der Waals surface area contributed by atoms with Crippen molar-refractivity contribution in [1.29, 1.82) is 0 Å². The lowest BCUT2D eigenvalue weighted by Crippen LogP contribution is -2.28. The Kier molecular flexibility index (Phi) is 3.20. The van der Waals surface area contributed by atoms with E-state index in [1.165, 1.54) is 31.4 Å². The van der Waals surface area contributed by atoms with Gasteiger partial charge in [-0.15, -0.1) is 0 Å². The fraction of sp³-hybridized carbons (Fsp3) is 0.462. The number of benzene rings is 1. The zero-order chi connectivity index (χ0) is 9.80. The van der Waals surface area contributed by atoms with Gasteiger partial charge in [-0.3, -0.25) is 4.90 Å². The lowest BCUT2D eigenvalue weighted by Gasteiger charge is -2.32. The molecule has 0 N–H and O–H groups in total. The standard InChI is InChI=1S/C13H18N/c1-12(13-8-4-2-5-9-13)14-10-6-3-7-11-14/h2,4-5,8-10,12H,3,6-7,11H2,1H3. The van der Waals surface area contributed by atoms with Crippen LogP contribution < -0.4 is 0 Å². The van der Waals surface area contributed by atoms with Crippen LogP contribution in [-0.2, 0) is 0 Å². The van der Waals surface area contributed by atoms with Crippen molar-refractivity contribution in [3.8, 4) is 0 Å². The third kappa shape index (κ3) is 2.16. The largest absolute Gasteiger partial charge is 0.292 e. The van der Waals surface area contributed by atoms with Crippen LogP contribution in [-0.4, -0.2) is 11.4 Å². The van der Waals surface area contributed by atoms with Gasteiger partial charge in [0.25, 0.3) is 0 Å². The van der Waals surface area contributed by atoms with Crippen molar-refractivity contribution in [1.82, 2.24) is 4.90 Å². The summed E-state index contributed by atoms with van der Waals surface area (Å²) in [6, 6.07) is 11.3. The molecule has 0 aromatic heterocycles. The number of piperidine rings is 1. The van der Waals surface area contributed by atoms with Gasteiger partial charge in [0.05, 0.1) is 0 Å². The predicted molar refractivity (Wildman–Crippen MR) is 59.7 cm³/mol. The Morgan fingerprint density at radius 1 is 1.14 bits per heavy atom. The van der Waals surface area contributed by atoms with Gasteiger partial charge in [0.2, 0.25) is 0 Å². The van der Waals surface area contributed by atoms with Crippen LogP contribution in [0.25, 0.3) is 0 Å². The maximum Gasteiger partial charge on any atom is 0.0323 e. The fourth-order valence-electron chi connectivity index (χ4n) is 2.06. The van der Waals surface area contributed by atoms with Crippen LogP contribution in [0.15, 0.2) is 30.3 Å². The zero-order valence-electron chi connectivity index (χ0n) is 8.82. The van der Waals surface area contributed by atoms with Gasteiger partial charge >= 0.3 is 0 Å². The minimum atomic E-state index is 0.538. The molecule has 1 aromatic rings. The molecule has 1 radical (unpaired) electrons. The molecule has 1 heteroatoms. The SMILES string of the molecule is CC(c1ccccc1)N1[CH]CCCC1. The first kappa shape index (κ1) is 9.72. The molecular weight excluding hydrogens is 170 g/mol. The zero-order valence-corrected chi connectivity index (χ0v) is 8.82. The van der Waals surface area contributed by atoms with Gasteiger partial charge in [-0.1, -0.05) is 36.8 Å². The van der Waals surface area contributed by atoms with Gasteiger partial charge < -0.3 is 0 Å². The van der Waals surface area contributed by atoms with E-state index in [1.54, 1.807) is 0 Å². The summed E-state index contributed by atoms with van der Waals surface area (Å²) >= 11 is 0. The summed E-state index contributed by atoms with van der Waals surface area (Å²) in [7, 11) is 0. The Morgan fingerprint density at radius 3 is 2.57 bits per heavy atom. The maximum atomic E-state index is 2.47. The van der Waals surface area contributed by atoms with Crippen molar-refractivity contribution < 1.29 is 0 Å². The van der Waals surface area contributed by atoms with E-state index in [1.807, 2.05) is 0 Å². The molecule has 0 bridgehead atoms. The highest BCUT2D eigenvalue weighted by Gasteiger charge is 2.17. The highest BCUT2D eigenvalue weighted by molar-refractivity contribution is 5.18.